The van der Waals surface area contributed by atoms with Crippen molar-refractivity contribution < 1.29 is 23.9 Å². The number of fused-ring (bicyclic) bond motifs is 1. The summed E-state index contributed by atoms with van der Waals surface area (Å²) in [7, 11) is 1.58. The van der Waals surface area contributed by atoms with Gasteiger partial charge in [-0.15, -0.1) is 0 Å². The van der Waals surface area contributed by atoms with Gasteiger partial charge >= 0.3 is 0 Å². The molecule has 3 N–H and O–H groups in total. The molecule has 4 atom stereocenters. The van der Waals surface area contributed by atoms with E-state index in [1.807, 2.05) is 48.5 Å². The molecule has 0 bridgehead atoms. The highest BCUT2D eigenvalue weighted by atomic mass is 16.5. The number of nitrogens with zero attached hydrogens (tertiary/aromatic N) is 1. The summed E-state index contributed by atoms with van der Waals surface area (Å²) >= 11 is 0. The molecule has 0 spiro atoms. The fourth-order valence-electron chi connectivity index (χ4n) is 5.45. The lowest BCUT2D eigenvalue weighted by atomic mass is 9.95. The molecule has 2 aromatic carbocycles. The van der Waals surface area contributed by atoms with Gasteiger partial charge in [-0.1, -0.05) is 36.4 Å². The van der Waals surface area contributed by atoms with Crippen LogP contribution in [0.4, 0.5) is 0 Å². The predicted octanol–water partition coefficient (Wildman–Crippen LogP) is 2.38. The molecule has 2 unspecified atom stereocenters. The molecule has 0 aliphatic carbocycles. The minimum Gasteiger partial charge on any atom is -0.496 e. The maximum atomic E-state index is 13.7. The first-order chi connectivity index (χ1) is 18.0. The lowest BCUT2D eigenvalue weighted by Gasteiger charge is -2.25. The van der Waals surface area contributed by atoms with Gasteiger partial charge in [0.2, 0.25) is 11.8 Å². The van der Waals surface area contributed by atoms with E-state index < -0.39 is 18.0 Å². The van der Waals surface area contributed by atoms with Crippen LogP contribution in [-0.4, -0.2) is 66.2 Å². The van der Waals surface area contributed by atoms with Crippen LogP contribution >= 0.6 is 0 Å². The molecule has 37 heavy (non-hydrogen) atoms. The first kappa shape index (κ1) is 24.5. The lowest BCUT2D eigenvalue weighted by molar-refractivity contribution is -0.128. The summed E-state index contributed by atoms with van der Waals surface area (Å²) < 4.78 is 5.43. The largest absolute Gasteiger partial charge is 0.496 e. The van der Waals surface area contributed by atoms with Crippen LogP contribution in [0, 0.1) is 5.92 Å². The van der Waals surface area contributed by atoms with Gasteiger partial charge in [-0.3, -0.25) is 14.4 Å². The zero-order valence-electron chi connectivity index (χ0n) is 20.6. The van der Waals surface area contributed by atoms with Crippen molar-refractivity contribution in [3.8, 4) is 5.75 Å². The van der Waals surface area contributed by atoms with Gasteiger partial charge in [0.1, 0.15) is 23.8 Å². The fraction of sp³-hybridized carbons (Fsp3) is 0.357. The Bertz CT molecular complexity index is 1320. The molecule has 0 saturated carbocycles. The zero-order chi connectivity index (χ0) is 25.9. The highest BCUT2D eigenvalue weighted by Gasteiger charge is 2.41. The number of likely N-dealkylation sites (tertiary alicyclic amines) is 1. The van der Waals surface area contributed by atoms with Crippen molar-refractivity contribution in [3.63, 3.8) is 0 Å². The monoisotopic (exact) mass is 502 g/mol. The molecule has 2 aliphatic rings. The molecule has 0 radical (unpaired) electrons. The van der Waals surface area contributed by atoms with Crippen molar-refractivity contribution in [1.82, 2.24) is 20.5 Å². The van der Waals surface area contributed by atoms with Gasteiger partial charge in [-0.2, -0.15) is 0 Å². The van der Waals surface area contributed by atoms with E-state index in [0.717, 1.165) is 16.5 Å². The maximum Gasteiger partial charge on any atom is 0.271 e. The molecule has 3 heterocycles. The average Bonchev–Trinajstić information content (AvgIpc) is 3.66. The molecule has 2 fully saturated rings. The number of benzene rings is 2. The second-order valence-corrected chi connectivity index (χ2v) is 9.68. The standard InChI is InChI=1S/C28H30N4O5/c1-37-25-9-5-8-22-21(25)14-23(31-22)28(36)32-15-19(17-6-3-2-4-7-17)13-24(32)27(35)30-20(16-33)12-18-10-11-29-26(18)34/h2-9,14,16,18-20,24,31H,10-13,15H2,1H3,(H,29,34)(H,30,35)/t18-,19?,20-,24?/m0/s1. The Morgan fingerprint density at radius 1 is 1.19 bits per heavy atom. The number of nitrogens with one attached hydrogen (secondary N) is 3. The Balaban J connectivity index is 1.40. The van der Waals surface area contributed by atoms with Gasteiger partial charge in [-0.05, 0) is 43.0 Å². The van der Waals surface area contributed by atoms with Crippen molar-refractivity contribution in [1.29, 1.82) is 0 Å². The van der Waals surface area contributed by atoms with Gasteiger partial charge < -0.3 is 30.0 Å². The van der Waals surface area contributed by atoms with Crippen molar-refractivity contribution in [2.45, 2.75) is 37.3 Å². The maximum absolute atomic E-state index is 13.7. The van der Waals surface area contributed by atoms with E-state index in [-0.39, 0.29) is 30.1 Å². The van der Waals surface area contributed by atoms with E-state index in [0.29, 0.717) is 43.7 Å². The normalized spacial score (nSPS) is 22.0. The Kier molecular flexibility index (Phi) is 6.94. The Hall–Kier alpha value is -4.14. The number of ether oxygens (including phenoxy) is 1. The summed E-state index contributed by atoms with van der Waals surface area (Å²) in [5.41, 5.74) is 2.17. The van der Waals surface area contributed by atoms with Crippen molar-refractivity contribution in [2.24, 2.45) is 5.92 Å². The van der Waals surface area contributed by atoms with E-state index >= 15 is 0 Å². The van der Waals surface area contributed by atoms with Crippen LogP contribution in [0.1, 0.15) is 41.2 Å². The first-order valence-corrected chi connectivity index (χ1v) is 12.5. The van der Waals surface area contributed by atoms with E-state index in [1.54, 1.807) is 18.1 Å². The number of carbonyl (C=O) groups is 4. The second kappa shape index (κ2) is 10.5. The smallest absolute Gasteiger partial charge is 0.271 e. The number of hydrogen-bond donors (Lipinski definition) is 3. The Morgan fingerprint density at radius 3 is 2.70 bits per heavy atom. The van der Waals surface area contributed by atoms with Crippen molar-refractivity contribution >= 4 is 34.9 Å². The van der Waals surface area contributed by atoms with Gasteiger partial charge in [0.15, 0.2) is 0 Å². The van der Waals surface area contributed by atoms with E-state index in [9.17, 15) is 19.2 Å². The zero-order valence-corrected chi connectivity index (χ0v) is 20.6. The highest BCUT2D eigenvalue weighted by molar-refractivity contribution is 6.02. The number of amides is 3. The van der Waals surface area contributed by atoms with Crippen LogP contribution < -0.4 is 15.4 Å². The molecule has 192 valence electrons. The summed E-state index contributed by atoms with van der Waals surface area (Å²) in [5.74, 6) is -0.483. The molecular formula is C28H30N4O5. The number of rotatable bonds is 8. The highest BCUT2D eigenvalue weighted by Crippen LogP contribution is 2.34. The molecule has 9 heteroatoms. The Labute approximate surface area is 214 Å². The lowest BCUT2D eigenvalue weighted by Crippen LogP contribution is -2.49. The van der Waals surface area contributed by atoms with Crippen LogP contribution in [0.3, 0.4) is 0 Å². The number of carbonyl (C=O) groups excluding carboxylic acids is 4. The number of methoxy groups -OCH3 is 1. The molecule has 9 nitrogen and oxygen atoms in total. The predicted molar refractivity (Wildman–Crippen MR) is 137 cm³/mol. The third-order valence-electron chi connectivity index (χ3n) is 7.40. The minimum atomic E-state index is -0.800. The van der Waals surface area contributed by atoms with Crippen molar-refractivity contribution in [3.05, 3.63) is 65.9 Å². The summed E-state index contributed by atoms with van der Waals surface area (Å²) in [6, 6.07) is 15.5. The summed E-state index contributed by atoms with van der Waals surface area (Å²) in [6.07, 6.45) is 1.97. The van der Waals surface area contributed by atoms with E-state index in [4.69, 9.17) is 4.74 Å². The van der Waals surface area contributed by atoms with Crippen LogP contribution in [0.5, 0.6) is 5.75 Å². The van der Waals surface area contributed by atoms with Gasteiger partial charge in [0.05, 0.1) is 13.2 Å². The number of aldehydes is 1. The average molecular weight is 503 g/mol. The van der Waals surface area contributed by atoms with Gasteiger partial charge in [-0.25, -0.2) is 0 Å². The minimum absolute atomic E-state index is 0.0323. The molecule has 3 amide bonds. The van der Waals surface area contributed by atoms with Crippen molar-refractivity contribution in [2.75, 3.05) is 20.2 Å². The molecule has 5 rings (SSSR count). The first-order valence-electron chi connectivity index (χ1n) is 12.5. The van der Waals surface area contributed by atoms with Crippen LogP contribution in [0.25, 0.3) is 10.9 Å². The SMILES string of the molecule is COc1cccc2[nH]c(C(=O)N3CC(c4ccccc4)CC3C(=O)N[C@H](C=O)C[C@@H]3CCNC3=O)cc12. The van der Waals surface area contributed by atoms with E-state index in [2.05, 4.69) is 15.6 Å². The second-order valence-electron chi connectivity index (χ2n) is 9.68. The third-order valence-corrected chi connectivity index (χ3v) is 7.40. The number of aromatic amines is 1. The molecule has 2 saturated heterocycles. The fourth-order valence-corrected chi connectivity index (χ4v) is 5.45. The van der Waals surface area contributed by atoms with Gasteiger partial charge in [0.25, 0.3) is 5.91 Å². The third kappa shape index (κ3) is 4.94. The summed E-state index contributed by atoms with van der Waals surface area (Å²) in [6.45, 7) is 0.937. The topological polar surface area (TPSA) is 121 Å². The van der Waals surface area contributed by atoms with Gasteiger partial charge in [0, 0.05) is 35.8 Å². The van der Waals surface area contributed by atoms with Crippen LogP contribution in [0.2, 0.25) is 0 Å². The Morgan fingerprint density at radius 2 is 2.00 bits per heavy atom. The summed E-state index contributed by atoms with van der Waals surface area (Å²) in [4.78, 5) is 55.7. The van der Waals surface area contributed by atoms with Crippen LogP contribution in [-0.2, 0) is 14.4 Å². The van der Waals surface area contributed by atoms with Crippen LogP contribution in [0.15, 0.2) is 54.6 Å². The quantitative estimate of drug-likeness (QED) is 0.409. The molecule has 1 aromatic heterocycles. The molecular weight excluding hydrogens is 472 g/mol. The van der Waals surface area contributed by atoms with E-state index in [1.165, 1.54) is 0 Å². The number of H-pyrrole nitrogens is 1. The molecule has 3 aromatic rings. The number of aromatic nitrogens is 1. The molecule has 2 aliphatic heterocycles. The number of hydrogen-bond acceptors (Lipinski definition) is 5. The summed E-state index contributed by atoms with van der Waals surface area (Å²) in [5, 5.41) is 6.34.